The first-order valence-corrected chi connectivity index (χ1v) is 7.26. The van der Waals surface area contributed by atoms with E-state index in [4.69, 9.17) is 0 Å². The zero-order chi connectivity index (χ0) is 14.1. The third-order valence-electron chi connectivity index (χ3n) is 4.08. The minimum atomic E-state index is 0.567. The smallest absolute Gasteiger partial charge is 0.0377 e. The van der Waals surface area contributed by atoms with Crippen molar-refractivity contribution in [2.45, 2.75) is 19.8 Å². The molecule has 1 heterocycles. The van der Waals surface area contributed by atoms with Crippen LogP contribution in [0.15, 0.2) is 42.5 Å². The van der Waals surface area contributed by atoms with Gasteiger partial charge < -0.3 is 10.2 Å². The summed E-state index contributed by atoms with van der Waals surface area (Å²) in [6, 6.07) is 15.4. The second kappa shape index (κ2) is 5.20. The molecule has 2 aromatic rings. The van der Waals surface area contributed by atoms with Crippen molar-refractivity contribution in [3.63, 3.8) is 0 Å². The van der Waals surface area contributed by atoms with E-state index in [1.54, 1.807) is 0 Å². The Bertz CT molecular complexity index is 598. The van der Waals surface area contributed by atoms with E-state index in [1.807, 2.05) is 0 Å². The van der Waals surface area contributed by atoms with Crippen molar-refractivity contribution in [1.29, 1.82) is 0 Å². The van der Waals surface area contributed by atoms with Gasteiger partial charge in [-0.05, 0) is 48.7 Å². The predicted octanol–water partition coefficient (Wildman–Crippen LogP) is 3.95. The van der Waals surface area contributed by atoms with E-state index in [0.717, 1.165) is 13.1 Å². The summed E-state index contributed by atoms with van der Waals surface area (Å²) in [5.74, 6) is 0.567. The molecule has 0 radical (unpaired) electrons. The van der Waals surface area contributed by atoms with Crippen LogP contribution in [-0.2, 0) is 0 Å². The highest BCUT2D eigenvalue weighted by molar-refractivity contribution is 5.59. The second-order valence-corrected chi connectivity index (χ2v) is 5.89. The molecule has 1 N–H and O–H groups in total. The lowest BCUT2D eigenvalue weighted by atomic mass is 10.0. The van der Waals surface area contributed by atoms with Gasteiger partial charge in [-0.25, -0.2) is 0 Å². The number of benzene rings is 2. The van der Waals surface area contributed by atoms with Gasteiger partial charge in [0.15, 0.2) is 0 Å². The molecule has 0 bridgehead atoms. The Balaban J connectivity index is 1.78. The summed E-state index contributed by atoms with van der Waals surface area (Å²) in [5.41, 5.74) is 6.72. The van der Waals surface area contributed by atoms with Gasteiger partial charge >= 0.3 is 0 Å². The Morgan fingerprint density at radius 1 is 1.10 bits per heavy atom. The highest BCUT2D eigenvalue weighted by Gasteiger charge is 2.22. The van der Waals surface area contributed by atoms with Gasteiger partial charge in [-0.1, -0.05) is 24.3 Å². The molecule has 0 saturated carbocycles. The van der Waals surface area contributed by atoms with Crippen LogP contribution in [-0.4, -0.2) is 20.1 Å². The first-order chi connectivity index (χ1) is 9.63. The lowest BCUT2D eigenvalue weighted by Crippen LogP contribution is -2.25. The topological polar surface area (TPSA) is 15.3 Å². The lowest BCUT2D eigenvalue weighted by molar-refractivity contribution is 0.728. The zero-order valence-corrected chi connectivity index (χ0v) is 12.5. The molecule has 2 aromatic carbocycles. The fraction of sp³-hybridized carbons (Fsp3) is 0.333. The quantitative estimate of drug-likeness (QED) is 0.905. The molecule has 20 heavy (non-hydrogen) atoms. The maximum atomic E-state index is 3.50. The number of nitrogens with zero attached hydrogens (tertiary/aromatic N) is 1. The maximum Gasteiger partial charge on any atom is 0.0377 e. The molecule has 0 spiro atoms. The number of para-hydroxylation sites is 1. The third-order valence-corrected chi connectivity index (χ3v) is 4.08. The second-order valence-electron chi connectivity index (χ2n) is 5.89. The average molecular weight is 266 g/mol. The number of aryl methyl sites for hydroxylation is 2. The van der Waals surface area contributed by atoms with Crippen LogP contribution in [0.25, 0.3) is 0 Å². The molecule has 1 aliphatic rings. The van der Waals surface area contributed by atoms with Gasteiger partial charge in [0, 0.05) is 37.4 Å². The number of likely N-dealkylation sites (N-methyl/N-ethyl adjacent to an activating group) is 1. The molecule has 0 aliphatic carbocycles. The van der Waals surface area contributed by atoms with Gasteiger partial charge in [0.1, 0.15) is 0 Å². The molecule has 1 atom stereocenters. The SMILES string of the molecule is Cc1cc(C)cc(N(C)CC2CNc3ccccc32)c1. The van der Waals surface area contributed by atoms with Crippen LogP contribution < -0.4 is 10.2 Å². The van der Waals surface area contributed by atoms with E-state index in [1.165, 1.54) is 28.1 Å². The summed E-state index contributed by atoms with van der Waals surface area (Å²) in [6.45, 7) is 6.41. The lowest BCUT2D eigenvalue weighted by Gasteiger charge is -2.24. The van der Waals surface area contributed by atoms with E-state index in [2.05, 4.69) is 73.6 Å². The summed E-state index contributed by atoms with van der Waals surface area (Å²) < 4.78 is 0. The van der Waals surface area contributed by atoms with Crippen LogP contribution in [0.1, 0.15) is 22.6 Å². The van der Waals surface area contributed by atoms with E-state index < -0.39 is 0 Å². The molecular formula is C18H22N2. The average Bonchev–Trinajstić information content (AvgIpc) is 2.81. The Morgan fingerprint density at radius 3 is 2.55 bits per heavy atom. The molecule has 2 heteroatoms. The predicted molar refractivity (Wildman–Crippen MR) is 86.9 cm³/mol. The van der Waals surface area contributed by atoms with E-state index in [-0.39, 0.29) is 0 Å². The summed E-state index contributed by atoms with van der Waals surface area (Å²) >= 11 is 0. The fourth-order valence-electron chi connectivity index (χ4n) is 3.13. The van der Waals surface area contributed by atoms with E-state index in [9.17, 15) is 0 Å². The summed E-state index contributed by atoms with van der Waals surface area (Å²) in [5, 5.41) is 3.50. The number of anilines is 2. The van der Waals surface area contributed by atoms with Gasteiger partial charge in [0.05, 0.1) is 0 Å². The van der Waals surface area contributed by atoms with Gasteiger partial charge in [-0.3, -0.25) is 0 Å². The zero-order valence-electron chi connectivity index (χ0n) is 12.5. The van der Waals surface area contributed by atoms with Crippen molar-refractivity contribution < 1.29 is 0 Å². The standard InChI is InChI=1S/C18H22N2/c1-13-8-14(2)10-16(9-13)20(3)12-15-11-19-18-7-5-4-6-17(15)18/h4-10,15,19H,11-12H2,1-3H3. The number of fused-ring (bicyclic) bond motifs is 1. The van der Waals surface area contributed by atoms with Gasteiger partial charge in [0.2, 0.25) is 0 Å². The largest absolute Gasteiger partial charge is 0.384 e. The molecule has 0 fully saturated rings. The van der Waals surface area contributed by atoms with Crippen molar-refractivity contribution in [1.82, 2.24) is 0 Å². The first kappa shape index (κ1) is 13.0. The highest BCUT2D eigenvalue weighted by atomic mass is 15.1. The number of hydrogen-bond donors (Lipinski definition) is 1. The van der Waals surface area contributed by atoms with Crippen LogP contribution >= 0.6 is 0 Å². The maximum absolute atomic E-state index is 3.50. The molecule has 104 valence electrons. The third kappa shape index (κ3) is 2.51. The van der Waals surface area contributed by atoms with Crippen molar-refractivity contribution in [2.24, 2.45) is 0 Å². The molecule has 2 nitrogen and oxygen atoms in total. The molecule has 3 rings (SSSR count). The molecule has 0 saturated heterocycles. The minimum absolute atomic E-state index is 0.567. The van der Waals surface area contributed by atoms with Crippen molar-refractivity contribution >= 4 is 11.4 Å². The molecular weight excluding hydrogens is 244 g/mol. The van der Waals surface area contributed by atoms with Gasteiger partial charge in [-0.2, -0.15) is 0 Å². The van der Waals surface area contributed by atoms with Crippen LogP contribution in [0.3, 0.4) is 0 Å². The van der Waals surface area contributed by atoms with Crippen LogP contribution in [0.4, 0.5) is 11.4 Å². The van der Waals surface area contributed by atoms with Crippen LogP contribution in [0.5, 0.6) is 0 Å². The van der Waals surface area contributed by atoms with Crippen LogP contribution in [0.2, 0.25) is 0 Å². The number of hydrogen-bond acceptors (Lipinski definition) is 2. The van der Waals surface area contributed by atoms with Gasteiger partial charge in [-0.15, -0.1) is 0 Å². The Labute approximate surface area is 121 Å². The Kier molecular flexibility index (Phi) is 3.39. The molecule has 1 aliphatic heterocycles. The number of nitrogens with one attached hydrogen (secondary N) is 1. The Morgan fingerprint density at radius 2 is 1.80 bits per heavy atom. The first-order valence-electron chi connectivity index (χ1n) is 7.26. The van der Waals surface area contributed by atoms with Gasteiger partial charge in [0.25, 0.3) is 0 Å². The minimum Gasteiger partial charge on any atom is -0.384 e. The molecule has 1 unspecified atom stereocenters. The number of rotatable bonds is 3. The summed E-state index contributed by atoms with van der Waals surface area (Å²) in [7, 11) is 2.19. The van der Waals surface area contributed by atoms with Crippen molar-refractivity contribution in [3.05, 3.63) is 59.2 Å². The van der Waals surface area contributed by atoms with E-state index in [0.29, 0.717) is 5.92 Å². The molecule has 0 aromatic heterocycles. The monoisotopic (exact) mass is 266 g/mol. The van der Waals surface area contributed by atoms with Crippen LogP contribution in [0, 0.1) is 13.8 Å². The molecule has 0 amide bonds. The fourth-order valence-corrected chi connectivity index (χ4v) is 3.13. The van der Waals surface area contributed by atoms with Crippen molar-refractivity contribution in [3.8, 4) is 0 Å². The van der Waals surface area contributed by atoms with E-state index >= 15 is 0 Å². The Hall–Kier alpha value is -1.96. The summed E-state index contributed by atoms with van der Waals surface area (Å²) in [4.78, 5) is 2.37. The highest BCUT2D eigenvalue weighted by Crippen LogP contribution is 2.32. The van der Waals surface area contributed by atoms with Crippen molar-refractivity contribution in [2.75, 3.05) is 30.4 Å². The normalized spacial score (nSPS) is 16.6. The summed E-state index contributed by atoms with van der Waals surface area (Å²) in [6.07, 6.45) is 0.